The van der Waals surface area contributed by atoms with Gasteiger partial charge in [0.15, 0.2) is 6.61 Å². The minimum Gasteiger partial charge on any atom is -0.452 e. The van der Waals surface area contributed by atoms with Gasteiger partial charge in [-0.1, -0.05) is 41.8 Å². The Morgan fingerprint density at radius 3 is 2.81 bits per heavy atom. The minimum absolute atomic E-state index is 0.204. The molecule has 0 aromatic heterocycles. The van der Waals surface area contributed by atoms with Gasteiger partial charge >= 0.3 is 5.97 Å². The maximum Gasteiger partial charge on any atom is 0.338 e. The lowest BCUT2D eigenvalue weighted by Gasteiger charge is -2.29. The van der Waals surface area contributed by atoms with E-state index in [0.717, 1.165) is 23.7 Å². The Morgan fingerprint density at radius 1 is 1.33 bits per heavy atom. The van der Waals surface area contributed by atoms with Crippen LogP contribution in [0.15, 0.2) is 28.7 Å². The molecule has 1 amide bonds. The number of hydrogen-bond donors (Lipinski definition) is 1. The van der Waals surface area contributed by atoms with Crippen LogP contribution in [-0.4, -0.2) is 24.5 Å². The summed E-state index contributed by atoms with van der Waals surface area (Å²) in [6, 6.07) is 7.12. The molecule has 2 rings (SSSR count). The summed E-state index contributed by atoms with van der Waals surface area (Å²) in [6.45, 7) is 1.92. The van der Waals surface area contributed by atoms with Crippen molar-refractivity contribution in [1.29, 1.82) is 0 Å². The van der Waals surface area contributed by atoms with Crippen LogP contribution in [0.3, 0.4) is 0 Å². The van der Waals surface area contributed by atoms with Crippen molar-refractivity contribution in [3.05, 3.63) is 34.3 Å². The van der Waals surface area contributed by atoms with Crippen molar-refractivity contribution in [1.82, 2.24) is 5.32 Å². The van der Waals surface area contributed by atoms with E-state index in [2.05, 4.69) is 28.2 Å². The first kappa shape index (κ1) is 16.0. The minimum atomic E-state index is -0.483. The van der Waals surface area contributed by atoms with Gasteiger partial charge in [-0.05, 0) is 37.0 Å². The van der Waals surface area contributed by atoms with E-state index >= 15 is 0 Å². The Bertz CT molecular complexity index is 518. The first-order valence-corrected chi connectivity index (χ1v) is 8.07. The standard InChI is InChI=1S/C16H20BrNO3/c1-11-5-2-3-8-14(11)18-15(19)10-21-16(20)12-6-4-7-13(17)9-12/h4,6-7,9,11,14H,2-3,5,8,10H2,1H3,(H,18,19)/t11-,14+/m0/s1. The lowest BCUT2D eigenvalue weighted by molar-refractivity contribution is -0.125. The maximum absolute atomic E-state index is 11.9. The van der Waals surface area contributed by atoms with Crippen molar-refractivity contribution in [3.63, 3.8) is 0 Å². The molecule has 1 fully saturated rings. The van der Waals surface area contributed by atoms with Gasteiger partial charge < -0.3 is 10.1 Å². The zero-order chi connectivity index (χ0) is 15.2. The van der Waals surface area contributed by atoms with Crippen LogP contribution in [0.2, 0.25) is 0 Å². The number of halogens is 1. The molecular formula is C16H20BrNO3. The fourth-order valence-electron chi connectivity index (χ4n) is 2.61. The third-order valence-corrected chi connectivity index (χ3v) is 4.35. The van der Waals surface area contributed by atoms with Crippen molar-refractivity contribution < 1.29 is 14.3 Å². The molecule has 0 radical (unpaired) electrons. The van der Waals surface area contributed by atoms with Gasteiger partial charge in [-0.15, -0.1) is 0 Å². The van der Waals surface area contributed by atoms with Crippen molar-refractivity contribution in [2.45, 2.75) is 38.6 Å². The van der Waals surface area contributed by atoms with Crippen LogP contribution in [0, 0.1) is 5.92 Å². The Morgan fingerprint density at radius 2 is 2.10 bits per heavy atom. The fraction of sp³-hybridized carbons (Fsp3) is 0.500. The Labute approximate surface area is 133 Å². The fourth-order valence-corrected chi connectivity index (χ4v) is 3.01. The predicted molar refractivity (Wildman–Crippen MR) is 84.0 cm³/mol. The molecule has 1 N–H and O–H groups in total. The maximum atomic E-state index is 11.9. The number of carbonyl (C=O) groups excluding carboxylic acids is 2. The molecule has 1 aromatic carbocycles. The lowest BCUT2D eigenvalue weighted by atomic mass is 9.86. The van der Waals surface area contributed by atoms with Gasteiger partial charge in [-0.2, -0.15) is 0 Å². The molecule has 0 heterocycles. The Hall–Kier alpha value is -1.36. The van der Waals surface area contributed by atoms with E-state index in [1.54, 1.807) is 18.2 Å². The number of ether oxygens (including phenoxy) is 1. The average Bonchev–Trinajstić information content (AvgIpc) is 2.47. The largest absolute Gasteiger partial charge is 0.452 e. The van der Waals surface area contributed by atoms with Crippen LogP contribution >= 0.6 is 15.9 Å². The molecule has 1 aliphatic rings. The number of amides is 1. The van der Waals surface area contributed by atoms with Crippen LogP contribution in [0.4, 0.5) is 0 Å². The first-order valence-electron chi connectivity index (χ1n) is 7.28. The van der Waals surface area contributed by atoms with Gasteiger partial charge in [0.2, 0.25) is 0 Å². The molecule has 0 spiro atoms. The Balaban J connectivity index is 1.79. The summed E-state index contributed by atoms with van der Waals surface area (Å²) in [4.78, 5) is 23.7. The molecular weight excluding hydrogens is 334 g/mol. The second-order valence-corrected chi connectivity index (χ2v) is 6.44. The molecule has 0 saturated heterocycles. The summed E-state index contributed by atoms with van der Waals surface area (Å²) in [5, 5.41) is 2.96. The highest BCUT2D eigenvalue weighted by Gasteiger charge is 2.23. The van der Waals surface area contributed by atoms with Crippen LogP contribution in [-0.2, 0) is 9.53 Å². The first-order chi connectivity index (χ1) is 10.1. The SMILES string of the molecule is C[C@H]1CCCC[C@H]1NC(=O)COC(=O)c1cccc(Br)c1. The average molecular weight is 354 g/mol. The quantitative estimate of drug-likeness (QED) is 0.844. The van der Waals surface area contributed by atoms with Crippen LogP contribution in [0.5, 0.6) is 0 Å². The van der Waals surface area contributed by atoms with E-state index < -0.39 is 5.97 Å². The van der Waals surface area contributed by atoms with E-state index in [9.17, 15) is 9.59 Å². The van der Waals surface area contributed by atoms with Gasteiger partial charge in [0, 0.05) is 10.5 Å². The third-order valence-electron chi connectivity index (χ3n) is 3.85. The van der Waals surface area contributed by atoms with Crippen molar-refractivity contribution in [2.75, 3.05) is 6.61 Å². The molecule has 1 aromatic rings. The van der Waals surface area contributed by atoms with Gasteiger partial charge in [0.05, 0.1) is 5.56 Å². The highest BCUT2D eigenvalue weighted by Crippen LogP contribution is 2.23. The zero-order valence-electron chi connectivity index (χ0n) is 12.1. The number of rotatable bonds is 4. The van der Waals surface area contributed by atoms with Gasteiger partial charge in [-0.25, -0.2) is 4.79 Å². The van der Waals surface area contributed by atoms with Gasteiger partial charge in [0.25, 0.3) is 5.91 Å². The summed E-state index contributed by atoms with van der Waals surface area (Å²) in [6.07, 6.45) is 4.52. The normalized spacial score (nSPS) is 21.6. The third kappa shape index (κ3) is 4.84. The number of esters is 1. The van der Waals surface area contributed by atoms with E-state index in [4.69, 9.17) is 4.74 Å². The van der Waals surface area contributed by atoms with E-state index in [1.807, 2.05) is 6.07 Å². The lowest BCUT2D eigenvalue weighted by Crippen LogP contribution is -2.42. The monoisotopic (exact) mass is 353 g/mol. The molecule has 0 unspecified atom stereocenters. The highest BCUT2D eigenvalue weighted by atomic mass is 79.9. The number of carbonyl (C=O) groups is 2. The molecule has 5 heteroatoms. The molecule has 21 heavy (non-hydrogen) atoms. The van der Waals surface area contributed by atoms with Crippen LogP contribution in [0.1, 0.15) is 43.0 Å². The molecule has 1 saturated carbocycles. The van der Waals surface area contributed by atoms with Gasteiger partial charge in [0.1, 0.15) is 0 Å². The molecule has 0 aliphatic heterocycles. The summed E-state index contributed by atoms with van der Waals surface area (Å²) in [5.41, 5.74) is 0.434. The molecule has 4 nitrogen and oxygen atoms in total. The molecule has 2 atom stereocenters. The number of hydrogen-bond acceptors (Lipinski definition) is 3. The molecule has 0 bridgehead atoms. The summed E-state index contributed by atoms with van der Waals surface area (Å²) >= 11 is 3.30. The van der Waals surface area contributed by atoms with E-state index in [1.165, 1.54) is 6.42 Å². The smallest absolute Gasteiger partial charge is 0.338 e. The van der Waals surface area contributed by atoms with Crippen molar-refractivity contribution in [2.24, 2.45) is 5.92 Å². The van der Waals surface area contributed by atoms with E-state index in [-0.39, 0.29) is 18.6 Å². The second kappa shape index (κ2) is 7.59. The molecule has 1 aliphatic carbocycles. The number of benzene rings is 1. The highest BCUT2D eigenvalue weighted by molar-refractivity contribution is 9.10. The van der Waals surface area contributed by atoms with Crippen LogP contribution in [0.25, 0.3) is 0 Å². The number of nitrogens with one attached hydrogen (secondary N) is 1. The Kier molecular flexibility index (Phi) is 5.79. The second-order valence-electron chi connectivity index (χ2n) is 5.52. The summed E-state index contributed by atoms with van der Waals surface area (Å²) < 4.78 is 5.85. The van der Waals surface area contributed by atoms with Crippen molar-refractivity contribution >= 4 is 27.8 Å². The van der Waals surface area contributed by atoms with Crippen LogP contribution < -0.4 is 5.32 Å². The molecule has 114 valence electrons. The van der Waals surface area contributed by atoms with E-state index in [0.29, 0.717) is 11.5 Å². The predicted octanol–water partition coefficient (Wildman–Crippen LogP) is 3.30. The van der Waals surface area contributed by atoms with Crippen molar-refractivity contribution in [3.8, 4) is 0 Å². The topological polar surface area (TPSA) is 55.4 Å². The van der Waals surface area contributed by atoms with Gasteiger partial charge in [-0.3, -0.25) is 4.79 Å². The summed E-state index contributed by atoms with van der Waals surface area (Å²) in [5.74, 6) is -0.219. The summed E-state index contributed by atoms with van der Waals surface area (Å²) in [7, 11) is 0. The zero-order valence-corrected chi connectivity index (χ0v) is 13.7.